The Kier molecular flexibility index (Phi) is 1.42. The maximum absolute atomic E-state index is 8.19. The number of hydrogen-bond donors (Lipinski definition) is 0. The molecule has 0 spiro atoms. The summed E-state index contributed by atoms with van der Waals surface area (Å²) in [6, 6.07) is 1.95. The summed E-state index contributed by atoms with van der Waals surface area (Å²) >= 11 is 0. The Hall–Kier alpha value is -1.41. The zero-order chi connectivity index (χ0) is 6.69. The summed E-state index contributed by atoms with van der Waals surface area (Å²) in [6.07, 6.45) is 0.282. The highest BCUT2D eigenvalue weighted by Gasteiger charge is 2.00. The first-order chi connectivity index (χ1) is 4.33. The van der Waals surface area contributed by atoms with Crippen molar-refractivity contribution >= 4 is 0 Å². The van der Waals surface area contributed by atoms with Crippen LogP contribution >= 0.6 is 0 Å². The van der Waals surface area contributed by atoms with Gasteiger partial charge in [0, 0.05) is 6.92 Å². The first kappa shape index (κ1) is 5.72. The molecule has 0 amide bonds. The summed E-state index contributed by atoms with van der Waals surface area (Å²) in [7, 11) is 0. The molecule has 0 aromatic carbocycles. The summed E-state index contributed by atoms with van der Waals surface area (Å²) in [4.78, 5) is 0. The molecule has 2 nitrogen and oxygen atoms in total. The smallest absolute Gasteiger partial charge is 0.169 e. The lowest BCUT2D eigenvalue weighted by Crippen LogP contribution is -1.81. The van der Waals surface area contributed by atoms with Gasteiger partial charge in [-0.3, -0.25) is 0 Å². The highest BCUT2D eigenvalue weighted by molar-refractivity contribution is 5.09. The quantitative estimate of drug-likeness (QED) is 0.489. The number of rotatable bonds is 1. The third-order valence-corrected chi connectivity index (χ3v) is 0.894. The number of allylic oxidation sites excluding steroid dienone is 2. The van der Waals surface area contributed by atoms with Gasteiger partial charge in [0.05, 0.1) is 6.07 Å². The van der Waals surface area contributed by atoms with Crippen LogP contribution in [0.5, 0.6) is 0 Å². The van der Waals surface area contributed by atoms with E-state index >= 15 is 0 Å². The second-order valence-electron chi connectivity index (χ2n) is 1.67. The second-order valence-corrected chi connectivity index (χ2v) is 1.67. The van der Waals surface area contributed by atoms with E-state index in [0.717, 1.165) is 0 Å². The van der Waals surface area contributed by atoms with Crippen molar-refractivity contribution in [2.24, 2.45) is 0 Å². The molecule has 9 heavy (non-hydrogen) atoms. The van der Waals surface area contributed by atoms with Gasteiger partial charge in [0.2, 0.25) is 0 Å². The van der Waals surface area contributed by atoms with Gasteiger partial charge in [0.25, 0.3) is 0 Å². The van der Waals surface area contributed by atoms with E-state index in [2.05, 4.69) is 11.5 Å². The standard InChI is InChI=1S/C7H5NO/c1-6-2-3-7(9-6)4-5-8/h4H2,1H3. The Morgan fingerprint density at radius 3 is 2.89 bits per heavy atom. The average Bonchev–Trinajstić information content (AvgIpc) is 2.17. The molecule has 1 rings (SSSR count). The summed E-state index contributed by atoms with van der Waals surface area (Å²) in [5.41, 5.74) is 5.40. The molecule has 0 aliphatic carbocycles. The molecule has 0 N–H and O–H groups in total. The predicted octanol–water partition coefficient (Wildman–Crippen LogP) is 1.47. The maximum atomic E-state index is 8.19. The summed E-state index contributed by atoms with van der Waals surface area (Å²) in [6.45, 7) is 1.78. The van der Waals surface area contributed by atoms with E-state index in [1.165, 1.54) is 0 Å². The number of nitrogens with zero attached hydrogens (tertiary/aromatic N) is 1. The van der Waals surface area contributed by atoms with Crippen molar-refractivity contribution in [2.45, 2.75) is 13.3 Å². The van der Waals surface area contributed by atoms with E-state index in [-0.39, 0.29) is 6.42 Å². The lowest BCUT2D eigenvalue weighted by molar-refractivity contribution is 0.311. The van der Waals surface area contributed by atoms with Crippen molar-refractivity contribution in [1.29, 1.82) is 5.26 Å². The zero-order valence-electron chi connectivity index (χ0n) is 5.06. The van der Waals surface area contributed by atoms with Gasteiger partial charge >= 0.3 is 0 Å². The third kappa shape index (κ3) is 1.24. The van der Waals surface area contributed by atoms with Crippen LogP contribution in [0.4, 0.5) is 0 Å². The van der Waals surface area contributed by atoms with Gasteiger partial charge in [-0.15, -0.1) is 0 Å². The third-order valence-electron chi connectivity index (χ3n) is 0.894. The van der Waals surface area contributed by atoms with Crippen LogP contribution in [0.1, 0.15) is 13.3 Å². The minimum Gasteiger partial charge on any atom is -0.447 e. The fourth-order valence-electron chi connectivity index (χ4n) is 0.546. The molecule has 0 saturated carbocycles. The van der Waals surface area contributed by atoms with Crippen molar-refractivity contribution in [2.75, 3.05) is 0 Å². The zero-order valence-corrected chi connectivity index (χ0v) is 5.06. The molecule has 0 unspecified atom stereocenters. The first-order valence-corrected chi connectivity index (χ1v) is 2.59. The maximum Gasteiger partial charge on any atom is 0.169 e. The molecule has 0 aromatic heterocycles. The van der Waals surface area contributed by atoms with Crippen LogP contribution in [0.3, 0.4) is 0 Å². The van der Waals surface area contributed by atoms with Crippen LogP contribution in [-0.4, -0.2) is 0 Å². The Morgan fingerprint density at radius 2 is 2.44 bits per heavy atom. The molecule has 0 saturated heterocycles. The van der Waals surface area contributed by atoms with Gasteiger partial charge < -0.3 is 4.74 Å². The molecule has 0 atom stereocenters. The van der Waals surface area contributed by atoms with Crippen LogP contribution in [0, 0.1) is 11.3 Å². The lowest BCUT2D eigenvalue weighted by atomic mass is 10.4. The summed E-state index contributed by atoms with van der Waals surface area (Å²) in [5, 5.41) is 8.19. The van der Waals surface area contributed by atoms with Crippen LogP contribution in [0.2, 0.25) is 0 Å². The lowest BCUT2D eigenvalue weighted by Gasteiger charge is -1.95. The highest BCUT2D eigenvalue weighted by atomic mass is 16.5. The van der Waals surface area contributed by atoms with Gasteiger partial charge in [0.15, 0.2) is 11.5 Å². The fraction of sp³-hybridized carbons (Fsp3) is 0.286. The molecular formula is C7H5NO. The Morgan fingerprint density at radius 1 is 1.67 bits per heavy atom. The predicted molar refractivity (Wildman–Crippen MR) is 31.0 cm³/mol. The largest absolute Gasteiger partial charge is 0.447 e. The molecular weight excluding hydrogens is 114 g/mol. The van der Waals surface area contributed by atoms with Gasteiger partial charge in [-0.2, -0.15) is 5.26 Å². The Labute approximate surface area is 53.4 Å². The number of ether oxygens (including phenoxy) is 1. The molecule has 0 aromatic rings. The van der Waals surface area contributed by atoms with Gasteiger partial charge in [-0.25, -0.2) is 0 Å². The number of hydrogen-bond acceptors (Lipinski definition) is 2. The van der Waals surface area contributed by atoms with E-state index in [1.54, 1.807) is 6.92 Å². The van der Waals surface area contributed by atoms with Crippen LogP contribution < -0.4 is 0 Å². The van der Waals surface area contributed by atoms with Crippen molar-refractivity contribution in [1.82, 2.24) is 0 Å². The normalized spacial score (nSPS) is 13.8. The molecule has 1 aliphatic rings. The minimum absolute atomic E-state index is 0.282. The average molecular weight is 119 g/mol. The minimum atomic E-state index is 0.282. The SMILES string of the molecule is CC1=C=C=C(CC#N)O1. The van der Waals surface area contributed by atoms with E-state index in [4.69, 9.17) is 10.00 Å². The van der Waals surface area contributed by atoms with E-state index in [1.807, 2.05) is 6.07 Å². The van der Waals surface area contributed by atoms with Crippen molar-refractivity contribution in [3.8, 4) is 6.07 Å². The van der Waals surface area contributed by atoms with Crippen LogP contribution in [0.15, 0.2) is 23.0 Å². The van der Waals surface area contributed by atoms with Gasteiger partial charge in [-0.05, 0) is 11.5 Å². The van der Waals surface area contributed by atoms with E-state index in [9.17, 15) is 0 Å². The topological polar surface area (TPSA) is 33.0 Å². The van der Waals surface area contributed by atoms with Gasteiger partial charge in [0.1, 0.15) is 6.42 Å². The van der Waals surface area contributed by atoms with E-state index < -0.39 is 0 Å². The molecule has 44 valence electrons. The first-order valence-electron chi connectivity index (χ1n) is 2.59. The van der Waals surface area contributed by atoms with Crippen LogP contribution in [-0.2, 0) is 4.74 Å². The van der Waals surface area contributed by atoms with Gasteiger partial charge in [-0.1, -0.05) is 0 Å². The Bertz CT molecular complexity index is 257. The molecule has 0 fully saturated rings. The molecule has 0 radical (unpaired) electrons. The second kappa shape index (κ2) is 2.24. The molecule has 0 bridgehead atoms. The molecule has 2 heteroatoms. The molecule has 1 heterocycles. The van der Waals surface area contributed by atoms with Crippen LogP contribution in [0.25, 0.3) is 0 Å². The monoisotopic (exact) mass is 119 g/mol. The Balaban J connectivity index is 2.74. The fourth-order valence-corrected chi connectivity index (χ4v) is 0.546. The highest BCUT2D eigenvalue weighted by Crippen LogP contribution is 2.10. The summed E-state index contributed by atoms with van der Waals surface area (Å²) < 4.78 is 4.99. The summed E-state index contributed by atoms with van der Waals surface area (Å²) in [5.74, 6) is 1.25. The van der Waals surface area contributed by atoms with Crippen molar-refractivity contribution in [3.05, 3.63) is 23.0 Å². The van der Waals surface area contributed by atoms with E-state index in [0.29, 0.717) is 11.5 Å². The number of nitriles is 1. The van der Waals surface area contributed by atoms with Crippen molar-refractivity contribution in [3.63, 3.8) is 0 Å². The molecule has 1 aliphatic heterocycles. The van der Waals surface area contributed by atoms with Crippen molar-refractivity contribution < 1.29 is 4.74 Å².